The quantitative estimate of drug-likeness (QED) is 0.581. The Bertz CT molecular complexity index is 1410. The molecule has 12 heteroatoms. The predicted molar refractivity (Wildman–Crippen MR) is 124 cm³/mol. The fraction of sp³-hybridized carbons (Fsp3) is 0.409. The number of rotatable bonds is 5. The molecule has 0 unspecified atom stereocenters. The zero-order valence-corrected chi connectivity index (χ0v) is 19.7. The summed E-state index contributed by atoms with van der Waals surface area (Å²) in [7, 11) is -1.55. The number of nitrogens with one attached hydrogen (secondary N) is 1. The van der Waals surface area contributed by atoms with Crippen LogP contribution >= 0.6 is 0 Å². The van der Waals surface area contributed by atoms with Gasteiger partial charge in [0.1, 0.15) is 17.5 Å². The monoisotopic (exact) mass is 495 g/mol. The summed E-state index contributed by atoms with van der Waals surface area (Å²) < 4.78 is 67.3. The lowest BCUT2D eigenvalue weighted by atomic mass is 10.0. The predicted octanol–water partition coefficient (Wildman–Crippen LogP) is 2.99. The van der Waals surface area contributed by atoms with Gasteiger partial charge in [-0.25, -0.2) is 31.4 Å². The molecule has 34 heavy (non-hydrogen) atoms. The van der Waals surface area contributed by atoms with Crippen molar-refractivity contribution in [3.8, 4) is 0 Å². The second kappa shape index (κ2) is 8.57. The standard InChI is InChI=1S/C22H24F3N5O3S/c1-13(14-5-4-6-16(19(14)23)22(2,24)25)27-20-15-11-18(30-7-9-34(32,33)10-8-30)26-12-17(15)29(3)21(31)28-20/h4-6,11-13H,7-10H2,1-3H3,(H,27,28,31)/t13-/m1/s1. The van der Waals surface area contributed by atoms with Crippen LogP contribution in [0.3, 0.4) is 0 Å². The molecule has 0 aliphatic carbocycles. The van der Waals surface area contributed by atoms with Crippen LogP contribution in [0.25, 0.3) is 10.9 Å². The molecule has 0 bridgehead atoms. The number of nitrogens with zero attached hydrogens (tertiary/aromatic N) is 4. The van der Waals surface area contributed by atoms with E-state index < -0.39 is 38.9 Å². The molecule has 1 atom stereocenters. The van der Waals surface area contributed by atoms with Crippen molar-refractivity contribution >= 4 is 32.4 Å². The van der Waals surface area contributed by atoms with Gasteiger partial charge >= 0.3 is 5.69 Å². The maximum absolute atomic E-state index is 14.9. The molecule has 1 aromatic carbocycles. The van der Waals surface area contributed by atoms with Crippen molar-refractivity contribution in [3.63, 3.8) is 0 Å². The van der Waals surface area contributed by atoms with E-state index in [1.165, 1.54) is 29.9 Å². The van der Waals surface area contributed by atoms with Gasteiger partial charge in [0.25, 0.3) is 5.92 Å². The van der Waals surface area contributed by atoms with Crippen LogP contribution in [0.5, 0.6) is 0 Å². The molecule has 3 heterocycles. The Morgan fingerprint density at radius 2 is 1.88 bits per heavy atom. The maximum atomic E-state index is 14.9. The molecular weight excluding hydrogens is 471 g/mol. The minimum atomic E-state index is -3.35. The SMILES string of the molecule is C[C@@H](Nc1nc(=O)n(C)c2cnc(N3CCS(=O)(=O)CC3)cc12)c1cccc(C(C)(F)F)c1F. The van der Waals surface area contributed by atoms with Gasteiger partial charge in [-0.3, -0.25) is 4.57 Å². The number of sulfone groups is 1. The van der Waals surface area contributed by atoms with E-state index in [1.54, 1.807) is 13.0 Å². The van der Waals surface area contributed by atoms with Gasteiger partial charge in [-0.15, -0.1) is 0 Å². The van der Waals surface area contributed by atoms with Crippen molar-refractivity contribution in [2.45, 2.75) is 25.8 Å². The Hall–Kier alpha value is -3.15. The lowest BCUT2D eigenvalue weighted by Gasteiger charge is -2.28. The third-order valence-electron chi connectivity index (χ3n) is 5.97. The van der Waals surface area contributed by atoms with Crippen LogP contribution in [0, 0.1) is 5.82 Å². The third kappa shape index (κ3) is 4.59. The van der Waals surface area contributed by atoms with Crippen molar-refractivity contribution in [1.29, 1.82) is 0 Å². The number of alkyl halides is 2. The van der Waals surface area contributed by atoms with E-state index in [4.69, 9.17) is 0 Å². The number of benzene rings is 1. The Kier molecular flexibility index (Phi) is 6.05. The fourth-order valence-electron chi connectivity index (χ4n) is 3.96. The van der Waals surface area contributed by atoms with Gasteiger partial charge in [-0.2, -0.15) is 4.98 Å². The molecule has 4 rings (SSSR count). The average Bonchev–Trinajstić information content (AvgIpc) is 2.76. The molecule has 182 valence electrons. The summed E-state index contributed by atoms with van der Waals surface area (Å²) in [6.07, 6.45) is 1.49. The van der Waals surface area contributed by atoms with Gasteiger partial charge < -0.3 is 10.2 Å². The lowest BCUT2D eigenvalue weighted by molar-refractivity contribution is 0.0136. The van der Waals surface area contributed by atoms with Gasteiger partial charge in [-0.05, 0) is 13.0 Å². The summed E-state index contributed by atoms with van der Waals surface area (Å²) in [5, 5.41) is 3.48. The summed E-state index contributed by atoms with van der Waals surface area (Å²) in [5.41, 5.74) is -0.829. The first-order chi connectivity index (χ1) is 15.9. The number of aromatic nitrogens is 3. The minimum absolute atomic E-state index is 0.00479. The molecule has 1 aliphatic heterocycles. The molecular formula is C22H24F3N5O3S. The highest BCUT2D eigenvalue weighted by Crippen LogP contribution is 2.34. The minimum Gasteiger partial charge on any atom is -0.363 e. The van der Waals surface area contributed by atoms with E-state index >= 15 is 0 Å². The van der Waals surface area contributed by atoms with Crippen LogP contribution in [-0.2, 0) is 22.8 Å². The topological polar surface area (TPSA) is 97.2 Å². The Balaban J connectivity index is 1.74. The molecule has 0 saturated carbocycles. The van der Waals surface area contributed by atoms with Gasteiger partial charge in [0, 0.05) is 38.0 Å². The number of aryl methyl sites for hydroxylation is 1. The normalized spacial score (nSPS) is 17.1. The lowest BCUT2D eigenvalue weighted by Crippen LogP contribution is -2.40. The maximum Gasteiger partial charge on any atom is 0.349 e. The Morgan fingerprint density at radius 3 is 2.53 bits per heavy atom. The summed E-state index contributed by atoms with van der Waals surface area (Å²) >= 11 is 0. The van der Waals surface area contributed by atoms with E-state index in [0.717, 1.165) is 6.07 Å². The summed E-state index contributed by atoms with van der Waals surface area (Å²) in [6, 6.07) is 4.68. The van der Waals surface area contributed by atoms with Crippen LogP contribution in [0.1, 0.15) is 31.0 Å². The summed E-state index contributed by atoms with van der Waals surface area (Å²) in [4.78, 5) is 22.7. The van der Waals surface area contributed by atoms with Crippen LogP contribution < -0.4 is 15.9 Å². The first-order valence-corrected chi connectivity index (χ1v) is 12.4. The zero-order valence-electron chi connectivity index (χ0n) is 18.8. The molecule has 1 fully saturated rings. The van der Waals surface area contributed by atoms with Crippen molar-refractivity contribution in [2.75, 3.05) is 34.8 Å². The summed E-state index contributed by atoms with van der Waals surface area (Å²) in [5.74, 6) is -3.70. The van der Waals surface area contributed by atoms with Crippen molar-refractivity contribution < 1.29 is 21.6 Å². The molecule has 3 aromatic rings. The van der Waals surface area contributed by atoms with Gasteiger partial charge in [-0.1, -0.05) is 18.2 Å². The fourth-order valence-corrected chi connectivity index (χ4v) is 5.16. The summed E-state index contributed by atoms with van der Waals surface area (Å²) in [6.45, 7) is 2.77. The largest absolute Gasteiger partial charge is 0.363 e. The number of anilines is 2. The average molecular weight is 496 g/mol. The smallest absolute Gasteiger partial charge is 0.349 e. The molecule has 0 amide bonds. The van der Waals surface area contributed by atoms with Gasteiger partial charge in [0.05, 0.1) is 34.8 Å². The first-order valence-electron chi connectivity index (χ1n) is 10.6. The number of halogens is 3. The highest BCUT2D eigenvalue weighted by molar-refractivity contribution is 7.91. The molecule has 1 saturated heterocycles. The van der Waals surface area contributed by atoms with Crippen LogP contribution in [0.4, 0.5) is 24.8 Å². The van der Waals surface area contributed by atoms with E-state index in [2.05, 4.69) is 15.3 Å². The van der Waals surface area contributed by atoms with Crippen LogP contribution in [-0.4, -0.2) is 47.5 Å². The van der Waals surface area contributed by atoms with Gasteiger partial charge in [0.2, 0.25) is 0 Å². The van der Waals surface area contributed by atoms with Gasteiger partial charge in [0.15, 0.2) is 9.84 Å². The van der Waals surface area contributed by atoms with Crippen LogP contribution in [0.15, 0.2) is 35.3 Å². The highest BCUT2D eigenvalue weighted by Gasteiger charge is 2.30. The Morgan fingerprint density at radius 1 is 1.21 bits per heavy atom. The third-order valence-corrected chi connectivity index (χ3v) is 7.58. The highest BCUT2D eigenvalue weighted by atomic mass is 32.2. The van der Waals surface area contributed by atoms with E-state index in [1.807, 2.05) is 4.90 Å². The molecule has 2 aromatic heterocycles. The van der Waals surface area contributed by atoms with Crippen molar-refractivity contribution in [1.82, 2.24) is 14.5 Å². The van der Waals surface area contributed by atoms with Crippen molar-refractivity contribution in [2.24, 2.45) is 7.05 Å². The van der Waals surface area contributed by atoms with Crippen molar-refractivity contribution in [3.05, 3.63) is 57.9 Å². The zero-order chi connectivity index (χ0) is 24.8. The van der Waals surface area contributed by atoms with E-state index in [0.29, 0.717) is 23.6 Å². The number of fused-ring (bicyclic) bond motifs is 1. The molecule has 0 radical (unpaired) electrons. The molecule has 1 N–H and O–H groups in total. The van der Waals surface area contributed by atoms with Crippen LogP contribution in [0.2, 0.25) is 0 Å². The number of pyridine rings is 1. The molecule has 8 nitrogen and oxygen atoms in total. The first kappa shape index (κ1) is 24.0. The second-order valence-corrected chi connectivity index (χ2v) is 10.8. The Labute approximate surface area is 194 Å². The van der Waals surface area contributed by atoms with E-state index in [-0.39, 0.29) is 36.0 Å². The number of hydrogen-bond acceptors (Lipinski definition) is 7. The second-order valence-electron chi connectivity index (χ2n) is 8.46. The number of hydrogen-bond donors (Lipinski definition) is 1. The molecule has 0 spiro atoms. The van der Waals surface area contributed by atoms with E-state index in [9.17, 15) is 26.4 Å². The molecule has 1 aliphatic rings.